The topological polar surface area (TPSA) is 55.7 Å². The Bertz CT molecular complexity index is 3960. The van der Waals surface area contributed by atoms with Crippen molar-refractivity contribution in [3.63, 3.8) is 0 Å². The highest BCUT2D eigenvalue weighted by molar-refractivity contribution is 7.86. The van der Waals surface area contributed by atoms with E-state index in [1.54, 1.807) is 0 Å². The van der Waals surface area contributed by atoms with Crippen LogP contribution in [0.2, 0.25) is 0 Å². The summed E-state index contributed by atoms with van der Waals surface area (Å²) in [5, 5.41) is 6.76. The van der Waals surface area contributed by atoms with Crippen LogP contribution >= 0.6 is 7.14 Å². The third-order valence-corrected chi connectivity index (χ3v) is 18.9. The summed E-state index contributed by atoms with van der Waals surface area (Å²) < 4.78 is 16.2. The molecule has 1 heterocycles. The van der Waals surface area contributed by atoms with Crippen LogP contribution in [-0.4, -0.2) is 15.0 Å². The van der Waals surface area contributed by atoms with Crippen LogP contribution in [0.4, 0.5) is 0 Å². The van der Waals surface area contributed by atoms with Crippen LogP contribution in [0.5, 0.6) is 0 Å². The van der Waals surface area contributed by atoms with Gasteiger partial charge in [0.15, 0.2) is 24.6 Å². The van der Waals surface area contributed by atoms with Crippen LogP contribution in [-0.2, 0) is 9.98 Å². The molecule has 76 heavy (non-hydrogen) atoms. The van der Waals surface area contributed by atoms with Gasteiger partial charge in [-0.15, -0.1) is 0 Å². The fourth-order valence-corrected chi connectivity index (χ4v) is 15.0. The van der Waals surface area contributed by atoms with Crippen molar-refractivity contribution in [2.75, 3.05) is 0 Å². The Morgan fingerprint density at radius 2 is 0.671 bits per heavy atom. The smallest absolute Gasteiger partial charge is 0.172 e. The van der Waals surface area contributed by atoms with E-state index in [2.05, 4.69) is 194 Å². The van der Waals surface area contributed by atoms with Gasteiger partial charge in [0.1, 0.15) is 0 Å². The number of hydrogen-bond donors (Lipinski definition) is 0. The summed E-state index contributed by atoms with van der Waals surface area (Å²) >= 11 is 0. The van der Waals surface area contributed by atoms with E-state index in [1.807, 2.05) is 72.8 Å². The van der Waals surface area contributed by atoms with Gasteiger partial charge in [0.05, 0.1) is 0 Å². The van der Waals surface area contributed by atoms with Gasteiger partial charge in [-0.3, -0.25) is 0 Å². The summed E-state index contributed by atoms with van der Waals surface area (Å²) in [7, 11) is -3.34. The molecule has 0 spiro atoms. The molecule has 0 radical (unpaired) electrons. The van der Waals surface area contributed by atoms with Gasteiger partial charge < -0.3 is 4.57 Å². The van der Waals surface area contributed by atoms with Crippen LogP contribution < -0.4 is 15.9 Å². The minimum atomic E-state index is -3.34. The maximum absolute atomic E-state index is 16.2. The van der Waals surface area contributed by atoms with Crippen molar-refractivity contribution >= 4 is 44.6 Å². The highest BCUT2D eigenvalue weighted by Crippen LogP contribution is 2.50. The van der Waals surface area contributed by atoms with E-state index in [1.165, 1.54) is 23.1 Å². The summed E-state index contributed by atoms with van der Waals surface area (Å²) in [6.07, 6.45) is 5.68. The van der Waals surface area contributed by atoms with Crippen molar-refractivity contribution in [2.24, 2.45) is 0 Å². The van der Waals surface area contributed by atoms with E-state index in [4.69, 9.17) is 15.0 Å². The molecule has 12 aromatic rings. The molecule has 1 aromatic heterocycles. The van der Waals surface area contributed by atoms with Crippen molar-refractivity contribution in [3.05, 3.63) is 278 Å². The normalized spacial score (nSPS) is 13.4. The number of rotatable bonds is 11. The Balaban J connectivity index is 0.895. The van der Waals surface area contributed by atoms with Crippen molar-refractivity contribution in [2.45, 2.75) is 37.5 Å². The number of benzene rings is 11. The lowest BCUT2D eigenvalue weighted by atomic mass is 9.65. The first-order valence-electron chi connectivity index (χ1n) is 26.5. The first kappa shape index (κ1) is 46.9. The quantitative estimate of drug-likeness (QED) is 0.0957. The fourth-order valence-electron chi connectivity index (χ4n) is 12.0. The van der Waals surface area contributed by atoms with E-state index in [0.29, 0.717) is 17.5 Å². The monoisotopic (exact) mass is 995 g/mol. The highest BCUT2D eigenvalue weighted by Gasteiger charge is 2.37. The first-order valence-corrected chi connectivity index (χ1v) is 28.2. The average molecular weight is 996 g/mol. The second kappa shape index (κ2) is 20.1. The van der Waals surface area contributed by atoms with Crippen LogP contribution in [0.3, 0.4) is 0 Å². The average Bonchev–Trinajstić information content (AvgIpc) is 3.54. The zero-order valence-electron chi connectivity index (χ0n) is 42.1. The highest BCUT2D eigenvalue weighted by atomic mass is 31.2. The molecule has 0 bridgehead atoms. The van der Waals surface area contributed by atoms with Crippen LogP contribution in [0.25, 0.3) is 89.1 Å². The Morgan fingerprint density at radius 1 is 0.303 bits per heavy atom. The molecule has 0 amide bonds. The maximum Gasteiger partial charge on any atom is 0.172 e. The lowest BCUT2D eigenvalue weighted by Gasteiger charge is -2.39. The number of hydrogen-bond acceptors (Lipinski definition) is 4. The van der Waals surface area contributed by atoms with Gasteiger partial charge in [-0.1, -0.05) is 286 Å². The molecule has 5 heteroatoms. The van der Waals surface area contributed by atoms with Gasteiger partial charge in [-0.2, -0.15) is 0 Å². The molecule has 4 nitrogen and oxygen atoms in total. The van der Waals surface area contributed by atoms with Gasteiger partial charge in [-0.25, -0.2) is 15.0 Å². The minimum absolute atomic E-state index is 0.161. The SMILES string of the molecule is O=P(c1ccccc1)(c1ccccc1)c1c2ccccc2c(-c2ccc(C3(c4ccc(-c5nc(-c6ccc(-c7ccccc7)cc6)nc(-c6ccccc6-c6ccccc6)n5)cc4)CCCCC3)cc2)c2ccccc12. The van der Waals surface area contributed by atoms with E-state index in [0.717, 1.165) is 108 Å². The molecular formula is C71H54N3OP. The molecule has 0 N–H and O–H groups in total. The predicted octanol–water partition coefficient (Wildman–Crippen LogP) is 17.1. The van der Waals surface area contributed by atoms with E-state index < -0.39 is 7.14 Å². The molecular weight excluding hydrogens is 942 g/mol. The van der Waals surface area contributed by atoms with Crippen LogP contribution in [0.1, 0.15) is 43.2 Å². The summed E-state index contributed by atoms with van der Waals surface area (Å²) in [6, 6.07) is 93.6. The second-order valence-electron chi connectivity index (χ2n) is 20.1. The van der Waals surface area contributed by atoms with Gasteiger partial charge in [0.2, 0.25) is 0 Å². The number of fused-ring (bicyclic) bond motifs is 2. The lowest BCUT2D eigenvalue weighted by Crippen LogP contribution is -2.30. The van der Waals surface area contributed by atoms with Crippen molar-refractivity contribution in [1.29, 1.82) is 0 Å². The molecule has 1 saturated carbocycles. The molecule has 0 unspecified atom stereocenters. The maximum atomic E-state index is 16.2. The van der Waals surface area contributed by atoms with Gasteiger partial charge in [0, 0.05) is 38.0 Å². The molecule has 0 saturated heterocycles. The summed E-state index contributed by atoms with van der Waals surface area (Å²) in [6.45, 7) is 0. The van der Waals surface area contributed by atoms with Crippen LogP contribution in [0.15, 0.2) is 267 Å². The van der Waals surface area contributed by atoms with Crippen LogP contribution in [0, 0.1) is 0 Å². The summed E-state index contributed by atoms with van der Waals surface area (Å²) in [4.78, 5) is 15.7. The standard InChI is InChI=1S/C71H54N3OP/c75-76(58-26-10-3-11-27-58,59-28-12-4-13-29-59)67-63-33-17-15-31-61(63)66(62-32-16-18-34-64(62)67)53-40-44-56(45-41-53)71(48-20-5-21-49-71)57-46-42-55(43-47-57)69-72-68(54-38-36-51(37-39-54)50-22-6-1-7-23-50)73-70(74-69)65-35-19-14-30-60(65)52-24-8-2-9-25-52/h1-4,6-19,22-47H,5,20-21,48-49H2. The Labute approximate surface area is 444 Å². The Hall–Kier alpha value is -8.82. The predicted molar refractivity (Wildman–Crippen MR) is 317 cm³/mol. The third-order valence-electron chi connectivity index (χ3n) is 15.7. The minimum Gasteiger partial charge on any atom is -0.309 e. The molecule has 364 valence electrons. The van der Waals surface area contributed by atoms with Crippen molar-refractivity contribution < 1.29 is 4.57 Å². The molecule has 0 aliphatic heterocycles. The molecule has 1 fully saturated rings. The summed E-state index contributed by atoms with van der Waals surface area (Å²) in [5.41, 5.74) is 12.1. The van der Waals surface area contributed by atoms with E-state index in [-0.39, 0.29) is 5.41 Å². The lowest BCUT2D eigenvalue weighted by molar-refractivity contribution is 0.346. The number of aromatic nitrogens is 3. The first-order chi connectivity index (χ1) is 37.5. The molecule has 1 aliphatic rings. The number of nitrogens with zero attached hydrogens (tertiary/aromatic N) is 3. The largest absolute Gasteiger partial charge is 0.309 e. The molecule has 0 atom stereocenters. The molecule has 1 aliphatic carbocycles. The van der Waals surface area contributed by atoms with Crippen molar-refractivity contribution in [1.82, 2.24) is 15.0 Å². The van der Waals surface area contributed by atoms with Crippen molar-refractivity contribution in [3.8, 4) is 67.5 Å². The zero-order valence-corrected chi connectivity index (χ0v) is 43.0. The molecule has 13 rings (SSSR count). The fraction of sp³-hybridized carbons (Fsp3) is 0.0845. The van der Waals surface area contributed by atoms with E-state index >= 15 is 4.57 Å². The Kier molecular flexibility index (Phi) is 12.4. The zero-order chi connectivity index (χ0) is 50.9. The van der Waals surface area contributed by atoms with Gasteiger partial charge >= 0.3 is 0 Å². The van der Waals surface area contributed by atoms with Gasteiger partial charge in [0.25, 0.3) is 0 Å². The Morgan fingerprint density at radius 3 is 1.18 bits per heavy atom. The summed E-state index contributed by atoms with van der Waals surface area (Å²) in [5.74, 6) is 1.90. The van der Waals surface area contributed by atoms with E-state index in [9.17, 15) is 0 Å². The molecule has 11 aromatic carbocycles. The van der Waals surface area contributed by atoms with Gasteiger partial charge in [-0.05, 0) is 78.9 Å². The third kappa shape index (κ3) is 8.46. The second-order valence-corrected chi connectivity index (χ2v) is 22.8.